The lowest BCUT2D eigenvalue weighted by Gasteiger charge is -2.32. The van der Waals surface area contributed by atoms with Crippen molar-refractivity contribution in [2.45, 2.75) is 29.6 Å². The Morgan fingerprint density at radius 1 is 1.50 bits per heavy atom. The minimum absolute atomic E-state index is 0.239. The van der Waals surface area contributed by atoms with Crippen molar-refractivity contribution < 1.29 is 0 Å². The van der Waals surface area contributed by atoms with Crippen LogP contribution in [0.3, 0.4) is 0 Å². The first-order valence-electron chi connectivity index (χ1n) is 5.89. The summed E-state index contributed by atoms with van der Waals surface area (Å²) < 4.78 is 2.51. The van der Waals surface area contributed by atoms with Gasteiger partial charge in [0.25, 0.3) is 3.79 Å². The summed E-state index contributed by atoms with van der Waals surface area (Å²) in [5, 5.41) is 4.09. The second kappa shape index (κ2) is 6.09. The van der Waals surface area contributed by atoms with Crippen molar-refractivity contribution in [3.8, 4) is 0 Å². The molecule has 1 saturated heterocycles. The second-order valence-electron chi connectivity index (χ2n) is 4.30. The number of rotatable bonds is 3. The van der Waals surface area contributed by atoms with Crippen LogP contribution in [0.5, 0.6) is 0 Å². The fourth-order valence-corrected chi connectivity index (χ4v) is 3.13. The summed E-state index contributed by atoms with van der Waals surface area (Å²) in [5.74, 6) is 0.239. The number of likely N-dealkylation sites (N-methyl/N-ethyl adjacent to an activating group) is 1. The normalized spacial score (nSPS) is 22.1. The third-order valence-corrected chi connectivity index (χ3v) is 4.11. The molecule has 1 aromatic heterocycles. The minimum Gasteiger partial charge on any atom is -0.356 e. The Bertz CT molecular complexity index is 393. The average Bonchev–Trinajstić information content (AvgIpc) is 2.77. The monoisotopic (exact) mass is 328 g/mol. The Balaban J connectivity index is 1.95. The molecule has 0 spiro atoms. The second-order valence-corrected chi connectivity index (χ2v) is 7.33. The largest absolute Gasteiger partial charge is 0.356 e. The molecule has 1 atom stereocenters. The van der Waals surface area contributed by atoms with E-state index in [9.17, 15) is 0 Å². The van der Waals surface area contributed by atoms with Crippen molar-refractivity contribution in [3.05, 3.63) is 5.82 Å². The summed E-state index contributed by atoms with van der Waals surface area (Å²) in [6, 6.07) is 0.398. The van der Waals surface area contributed by atoms with Crippen molar-refractivity contribution in [2.75, 3.05) is 25.0 Å². The molecule has 0 saturated carbocycles. The molecule has 4 nitrogen and oxygen atoms in total. The zero-order valence-corrected chi connectivity index (χ0v) is 13.1. The predicted molar refractivity (Wildman–Crippen MR) is 77.9 cm³/mol. The minimum atomic E-state index is -1.54. The highest BCUT2D eigenvalue weighted by Gasteiger charge is 2.29. The maximum absolute atomic E-state index is 5.74. The van der Waals surface area contributed by atoms with Crippen LogP contribution in [-0.2, 0) is 3.79 Å². The fourth-order valence-electron chi connectivity index (χ4n) is 2.03. The molecule has 8 heteroatoms. The summed E-state index contributed by atoms with van der Waals surface area (Å²) in [7, 11) is 0. The van der Waals surface area contributed by atoms with Crippen LogP contribution in [0, 0.1) is 0 Å². The van der Waals surface area contributed by atoms with Crippen LogP contribution in [0.25, 0.3) is 0 Å². The van der Waals surface area contributed by atoms with Gasteiger partial charge in [-0.1, -0.05) is 41.7 Å². The van der Waals surface area contributed by atoms with Gasteiger partial charge in [-0.15, -0.1) is 0 Å². The molecule has 2 rings (SSSR count). The molecule has 0 radical (unpaired) electrons. The Morgan fingerprint density at radius 2 is 2.28 bits per heavy atom. The van der Waals surface area contributed by atoms with Gasteiger partial charge in [-0.25, -0.2) is 0 Å². The summed E-state index contributed by atoms with van der Waals surface area (Å²) >= 11 is 18.4. The standard InChI is InChI=1S/C10H15Cl3N4S/c1-2-17-5-3-4-7(6-17)14-9-15-8(16-18-9)10(11,12)13/h7H,2-6H2,1H3,(H,14,15,16). The smallest absolute Gasteiger partial charge is 0.251 e. The highest BCUT2D eigenvalue weighted by atomic mass is 35.6. The molecule has 0 bridgehead atoms. The quantitative estimate of drug-likeness (QED) is 0.864. The van der Waals surface area contributed by atoms with Gasteiger partial charge in [0.2, 0.25) is 5.13 Å². The van der Waals surface area contributed by atoms with Gasteiger partial charge in [0.15, 0.2) is 5.82 Å². The molecule has 1 aliphatic rings. The molecule has 0 aromatic carbocycles. The Labute approximate surface area is 126 Å². The molecule has 1 fully saturated rings. The van der Waals surface area contributed by atoms with Gasteiger partial charge in [-0.2, -0.15) is 9.36 Å². The first-order chi connectivity index (χ1) is 8.49. The van der Waals surface area contributed by atoms with Gasteiger partial charge in [0, 0.05) is 24.1 Å². The van der Waals surface area contributed by atoms with Gasteiger partial charge < -0.3 is 10.2 Å². The van der Waals surface area contributed by atoms with E-state index in [1.807, 2.05) is 0 Å². The van der Waals surface area contributed by atoms with E-state index in [0.29, 0.717) is 6.04 Å². The Kier molecular flexibility index (Phi) is 4.94. The number of hydrogen-bond donors (Lipinski definition) is 1. The van der Waals surface area contributed by atoms with Crippen molar-refractivity contribution in [1.29, 1.82) is 0 Å². The highest BCUT2D eigenvalue weighted by molar-refractivity contribution is 7.09. The van der Waals surface area contributed by atoms with Gasteiger partial charge in [-0.05, 0) is 25.9 Å². The molecule has 1 aliphatic heterocycles. The van der Waals surface area contributed by atoms with E-state index in [1.165, 1.54) is 24.5 Å². The van der Waals surface area contributed by atoms with Crippen LogP contribution >= 0.6 is 46.3 Å². The lowest BCUT2D eigenvalue weighted by atomic mass is 10.1. The molecular weight excluding hydrogens is 315 g/mol. The van der Waals surface area contributed by atoms with Crippen LogP contribution in [0.1, 0.15) is 25.6 Å². The average molecular weight is 330 g/mol. The van der Waals surface area contributed by atoms with Crippen LogP contribution < -0.4 is 5.32 Å². The molecule has 0 aliphatic carbocycles. The SMILES string of the molecule is CCN1CCCC(Nc2nc(C(Cl)(Cl)Cl)ns2)C1. The zero-order chi connectivity index (χ0) is 13.2. The maximum atomic E-state index is 5.74. The fraction of sp³-hybridized carbons (Fsp3) is 0.800. The van der Waals surface area contributed by atoms with Gasteiger partial charge in [0.1, 0.15) is 0 Å². The van der Waals surface area contributed by atoms with Crippen LogP contribution in [0.4, 0.5) is 5.13 Å². The molecule has 1 N–H and O–H groups in total. The van der Waals surface area contributed by atoms with Gasteiger partial charge >= 0.3 is 0 Å². The third-order valence-electron chi connectivity index (χ3n) is 2.96. The molecular formula is C10H15Cl3N4S. The molecule has 2 heterocycles. The lowest BCUT2D eigenvalue weighted by Crippen LogP contribution is -2.41. The van der Waals surface area contributed by atoms with E-state index in [0.717, 1.165) is 24.6 Å². The first-order valence-corrected chi connectivity index (χ1v) is 7.79. The van der Waals surface area contributed by atoms with Crippen LogP contribution in [0.15, 0.2) is 0 Å². The van der Waals surface area contributed by atoms with Crippen molar-refractivity contribution in [3.63, 3.8) is 0 Å². The van der Waals surface area contributed by atoms with E-state index in [1.54, 1.807) is 0 Å². The van der Waals surface area contributed by atoms with E-state index in [-0.39, 0.29) is 5.82 Å². The third kappa shape index (κ3) is 3.84. The van der Waals surface area contributed by atoms with E-state index >= 15 is 0 Å². The number of nitrogens with zero attached hydrogens (tertiary/aromatic N) is 3. The molecule has 102 valence electrons. The number of halogens is 3. The van der Waals surface area contributed by atoms with Crippen molar-refractivity contribution in [2.24, 2.45) is 0 Å². The molecule has 1 unspecified atom stereocenters. The number of nitrogens with one attached hydrogen (secondary N) is 1. The van der Waals surface area contributed by atoms with Crippen LogP contribution in [0.2, 0.25) is 0 Å². The lowest BCUT2D eigenvalue weighted by molar-refractivity contribution is 0.227. The number of alkyl halides is 3. The summed E-state index contributed by atoms with van der Waals surface area (Å²) in [5.41, 5.74) is 0. The van der Waals surface area contributed by atoms with Crippen molar-refractivity contribution >= 4 is 51.5 Å². The topological polar surface area (TPSA) is 41.0 Å². The number of hydrogen-bond acceptors (Lipinski definition) is 5. The molecule has 18 heavy (non-hydrogen) atoms. The zero-order valence-electron chi connectivity index (χ0n) is 10.00. The van der Waals surface area contributed by atoms with Gasteiger partial charge in [-0.3, -0.25) is 0 Å². The molecule has 1 aromatic rings. The summed E-state index contributed by atoms with van der Waals surface area (Å²) in [6.07, 6.45) is 2.33. The number of anilines is 1. The predicted octanol–water partition coefficient (Wildman–Crippen LogP) is 3.26. The number of likely N-dealkylation sites (tertiary alicyclic amines) is 1. The maximum Gasteiger partial charge on any atom is 0.251 e. The van der Waals surface area contributed by atoms with Crippen LogP contribution in [-0.4, -0.2) is 39.9 Å². The molecule has 0 amide bonds. The Hall–Kier alpha value is 0.190. The first kappa shape index (κ1) is 14.6. The van der Waals surface area contributed by atoms with E-state index < -0.39 is 3.79 Å². The van der Waals surface area contributed by atoms with E-state index in [2.05, 4.69) is 26.5 Å². The number of aromatic nitrogens is 2. The number of piperidine rings is 1. The van der Waals surface area contributed by atoms with E-state index in [4.69, 9.17) is 34.8 Å². The van der Waals surface area contributed by atoms with Gasteiger partial charge in [0.05, 0.1) is 0 Å². The Morgan fingerprint density at radius 3 is 2.89 bits per heavy atom. The summed E-state index contributed by atoms with van der Waals surface area (Å²) in [4.78, 5) is 6.62. The summed E-state index contributed by atoms with van der Waals surface area (Å²) in [6.45, 7) is 5.45. The highest BCUT2D eigenvalue weighted by Crippen LogP contribution is 2.37. The van der Waals surface area contributed by atoms with Crippen molar-refractivity contribution in [1.82, 2.24) is 14.3 Å².